The molecule has 2 aromatic rings. The molecule has 0 aromatic heterocycles. The van der Waals surface area contributed by atoms with Gasteiger partial charge in [-0.05, 0) is 49.1 Å². The Morgan fingerprint density at radius 1 is 1.13 bits per heavy atom. The predicted molar refractivity (Wildman–Crippen MR) is 95.7 cm³/mol. The van der Waals surface area contributed by atoms with E-state index in [1.54, 1.807) is 0 Å². The fourth-order valence-electron chi connectivity index (χ4n) is 3.10. The normalized spacial score (nSPS) is 16.8. The number of carbonyl (C=O) groups excluding carboxylic acids is 1. The molecule has 1 heterocycles. The topological polar surface area (TPSA) is 38.3 Å². The first-order valence-corrected chi connectivity index (χ1v) is 8.62. The van der Waals surface area contributed by atoms with Crippen molar-refractivity contribution in [3.63, 3.8) is 0 Å². The van der Waals surface area contributed by atoms with Gasteiger partial charge in [0.15, 0.2) is 0 Å². The van der Waals surface area contributed by atoms with Crippen LogP contribution in [-0.2, 0) is 14.9 Å². The summed E-state index contributed by atoms with van der Waals surface area (Å²) in [5.74, 6) is 0.0497. The summed E-state index contributed by atoms with van der Waals surface area (Å²) in [7, 11) is 0. The zero-order chi connectivity index (χ0) is 16.3. The number of ether oxygens (including phenoxy) is 1. The number of carbonyl (C=O) groups is 1. The Bertz CT molecular complexity index is 694. The molecule has 23 heavy (non-hydrogen) atoms. The van der Waals surface area contributed by atoms with E-state index in [0.29, 0.717) is 26.1 Å². The van der Waals surface area contributed by atoms with Gasteiger partial charge in [0.2, 0.25) is 5.91 Å². The lowest BCUT2D eigenvalue weighted by atomic mass is 9.73. The van der Waals surface area contributed by atoms with Crippen molar-refractivity contribution in [3.8, 4) is 0 Å². The summed E-state index contributed by atoms with van der Waals surface area (Å²) >= 11 is 3.49. The summed E-state index contributed by atoms with van der Waals surface area (Å²) in [5.41, 5.74) is 2.48. The third kappa shape index (κ3) is 3.33. The maximum atomic E-state index is 13.1. The largest absolute Gasteiger partial charge is 0.381 e. The molecular weight excluding hydrogens is 354 g/mol. The van der Waals surface area contributed by atoms with E-state index >= 15 is 0 Å². The van der Waals surface area contributed by atoms with Gasteiger partial charge in [0.05, 0.1) is 5.41 Å². The number of amides is 1. The molecule has 1 amide bonds. The molecule has 3 nitrogen and oxygen atoms in total. The van der Waals surface area contributed by atoms with Crippen LogP contribution in [0.5, 0.6) is 0 Å². The van der Waals surface area contributed by atoms with E-state index in [2.05, 4.69) is 21.2 Å². The maximum Gasteiger partial charge on any atom is 0.235 e. The van der Waals surface area contributed by atoms with Crippen LogP contribution in [0.25, 0.3) is 0 Å². The van der Waals surface area contributed by atoms with Gasteiger partial charge in [0.25, 0.3) is 0 Å². The van der Waals surface area contributed by atoms with Gasteiger partial charge in [0.1, 0.15) is 0 Å². The molecule has 0 unspecified atom stereocenters. The van der Waals surface area contributed by atoms with E-state index in [4.69, 9.17) is 4.74 Å². The minimum atomic E-state index is -0.513. The number of aryl methyl sites for hydroxylation is 1. The van der Waals surface area contributed by atoms with Crippen LogP contribution in [-0.4, -0.2) is 19.1 Å². The second-order valence-corrected chi connectivity index (χ2v) is 6.83. The first kappa shape index (κ1) is 16.2. The van der Waals surface area contributed by atoms with E-state index in [9.17, 15) is 4.79 Å². The molecule has 1 aliphatic heterocycles. The quantitative estimate of drug-likeness (QED) is 0.863. The van der Waals surface area contributed by atoms with Gasteiger partial charge in [0, 0.05) is 23.4 Å². The van der Waals surface area contributed by atoms with Gasteiger partial charge in [-0.25, -0.2) is 0 Å². The molecular formula is C19H20BrNO2. The molecule has 4 heteroatoms. The average Bonchev–Trinajstić information content (AvgIpc) is 2.59. The molecule has 1 N–H and O–H groups in total. The van der Waals surface area contributed by atoms with Crippen molar-refractivity contribution >= 4 is 27.5 Å². The molecule has 0 aliphatic carbocycles. The second-order valence-electron chi connectivity index (χ2n) is 5.98. The van der Waals surface area contributed by atoms with Crippen LogP contribution >= 0.6 is 15.9 Å². The number of halogens is 1. The minimum Gasteiger partial charge on any atom is -0.381 e. The monoisotopic (exact) mass is 373 g/mol. The highest BCUT2D eigenvalue weighted by atomic mass is 79.9. The number of anilines is 1. The van der Waals surface area contributed by atoms with Gasteiger partial charge in [-0.15, -0.1) is 0 Å². The van der Waals surface area contributed by atoms with Crippen molar-refractivity contribution < 1.29 is 9.53 Å². The summed E-state index contributed by atoms with van der Waals surface area (Å²) in [4.78, 5) is 13.1. The zero-order valence-electron chi connectivity index (χ0n) is 13.1. The van der Waals surface area contributed by atoms with E-state index in [-0.39, 0.29) is 5.91 Å². The van der Waals surface area contributed by atoms with Gasteiger partial charge in [-0.3, -0.25) is 4.79 Å². The lowest BCUT2D eigenvalue weighted by molar-refractivity contribution is -0.125. The third-order valence-corrected chi connectivity index (χ3v) is 5.41. The molecule has 2 aromatic carbocycles. The summed E-state index contributed by atoms with van der Waals surface area (Å²) < 4.78 is 6.54. The molecule has 1 fully saturated rings. The Balaban J connectivity index is 1.90. The molecule has 120 valence electrons. The Hall–Kier alpha value is -1.65. The Labute approximate surface area is 145 Å². The maximum absolute atomic E-state index is 13.1. The lowest BCUT2D eigenvalue weighted by Gasteiger charge is -2.36. The van der Waals surface area contributed by atoms with Gasteiger partial charge in [-0.1, -0.05) is 46.3 Å². The van der Waals surface area contributed by atoms with Crippen LogP contribution in [0.15, 0.2) is 53.0 Å². The summed E-state index contributed by atoms with van der Waals surface area (Å²) in [6, 6.07) is 15.9. The van der Waals surface area contributed by atoms with Crippen LogP contribution in [0.4, 0.5) is 5.69 Å². The third-order valence-electron chi connectivity index (χ3n) is 4.52. The number of hydrogen-bond donors (Lipinski definition) is 1. The Morgan fingerprint density at radius 3 is 2.48 bits per heavy atom. The van der Waals surface area contributed by atoms with E-state index < -0.39 is 5.41 Å². The fraction of sp³-hybridized carbons (Fsp3) is 0.316. The number of benzene rings is 2. The highest BCUT2D eigenvalue weighted by molar-refractivity contribution is 9.10. The van der Waals surface area contributed by atoms with E-state index in [1.807, 2.05) is 55.5 Å². The highest BCUT2D eigenvalue weighted by Crippen LogP contribution is 2.36. The second kappa shape index (κ2) is 6.85. The molecule has 1 saturated heterocycles. The van der Waals surface area contributed by atoms with Crippen molar-refractivity contribution in [2.75, 3.05) is 18.5 Å². The Kier molecular flexibility index (Phi) is 4.83. The van der Waals surface area contributed by atoms with Crippen LogP contribution in [0.2, 0.25) is 0 Å². The van der Waals surface area contributed by atoms with Crippen molar-refractivity contribution in [1.29, 1.82) is 0 Å². The van der Waals surface area contributed by atoms with Gasteiger partial charge >= 0.3 is 0 Å². The first-order chi connectivity index (χ1) is 11.1. The molecule has 1 aliphatic rings. The van der Waals surface area contributed by atoms with Gasteiger partial charge in [-0.2, -0.15) is 0 Å². The Morgan fingerprint density at radius 2 is 1.83 bits per heavy atom. The molecule has 0 spiro atoms. The summed E-state index contributed by atoms with van der Waals surface area (Å²) in [6.07, 6.45) is 1.41. The van der Waals surface area contributed by atoms with Gasteiger partial charge < -0.3 is 10.1 Å². The molecule has 0 atom stereocenters. The van der Waals surface area contributed by atoms with E-state index in [1.165, 1.54) is 0 Å². The number of rotatable bonds is 3. The molecule has 3 rings (SSSR count). The lowest BCUT2D eigenvalue weighted by Crippen LogP contribution is -2.44. The average molecular weight is 374 g/mol. The van der Waals surface area contributed by atoms with Crippen LogP contribution in [0, 0.1) is 6.92 Å². The van der Waals surface area contributed by atoms with Crippen LogP contribution in [0.3, 0.4) is 0 Å². The molecule has 0 radical (unpaired) electrons. The number of nitrogens with one attached hydrogen (secondary N) is 1. The van der Waals surface area contributed by atoms with Crippen molar-refractivity contribution in [2.45, 2.75) is 25.2 Å². The fourth-order valence-corrected chi connectivity index (χ4v) is 3.34. The number of hydrogen-bond acceptors (Lipinski definition) is 2. The van der Waals surface area contributed by atoms with Crippen LogP contribution in [0.1, 0.15) is 24.0 Å². The highest BCUT2D eigenvalue weighted by Gasteiger charge is 2.41. The zero-order valence-corrected chi connectivity index (χ0v) is 14.7. The molecule has 0 bridgehead atoms. The predicted octanol–water partition coefficient (Wildman–Crippen LogP) is 4.44. The SMILES string of the molecule is Cc1cc(NC(=O)C2(c3ccccc3)CCOCC2)ccc1Br. The minimum absolute atomic E-state index is 0.0497. The smallest absolute Gasteiger partial charge is 0.235 e. The standard InChI is InChI=1S/C19H20BrNO2/c1-14-13-16(7-8-17(14)20)21-18(22)19(9-11-23-12-10-19)15-5-3-2-4-6-15/h2-8,13H,9-12H2,1H3,(H,21,22). The van der Waals surface area contributed by atoms with E-state index in [0.717, 1.165) is 21.3 Å². The van der Waals surface area contributed by atoms with Crippen LogP contribution < -0.4 is 5.32 Å². The van der Waals surface area contributed by atoms with Crippen molar-refractivity contribution in [1.82, 2.24) is 0 Å². The summed E-state index contributed by atoms with van der Waals surface area (Å²) in [6.45, 7) is 3.24. The van der Waals surface area contributed by atoms with Crippen molar-refractivity contribution in [3.05, 3.63) is 64.1 Å². The molecule has 0 saturated carbocycles. The van der Waals surface area contributed by atoms with Crippen molar-refractivity contribution in [2.24, 2.45) is 0 Å². The first-order valence-electron chi connectivity index (χ1n) is 7.83. The summed E-state index contributed by atoms with van der Waals surface area (Å²) in [5, 5.41) is 3.10.